The Morgan fingerprint density at radius 2 is 1.92 bits per heavy atom. The molecule has 0 bridgehead atoms. The first kappa shape index (κ1) is 10.0. The molecule has 0 aromatic carbocycles. The van der Waals surface area contributed by atoms with E-state index in [4.69, 9.17) is 5.73 Å². The summed E-state index contributed by atoms with van der Waals surface area (Å²) in [7, 11) is 2.22. The molecule has 0 spiro atoms. The molecule has 0 aliphatic heterocycles. The van der Waals surface area contributed by atoms with Crippen molar-refractivity contribution >= 4 is 0 Å². The van der Waals surface area contributed by atoms with Gasteiger partial charge in [0.05, 0.1) is 0 Å². The zero-order valence-electron chi connectivity index (χ0n) is 8.42. The summed E-state index contributed by atoms with van der Waals surface area (Å²) in [6.07, 6.45) is 7.00. The SMILES string of the molecule is C[C@@H](CN)N(C)C1CCCCC1. The Hall–Kier alpha value is -0.0800. The van der Waals surface area contributed by atoms with E-state index in [2.05, 4.69) is 18.9 Å². The summed E-state index contributed by atoms with van der Waals surface area (Å²) >= 11 is 0. The molecule has 2 nitrogen and oxygen atoms in total. The molecule has 1 rings (SSSR count). The minimum absolute atomic E-state index is 0.549. The Morgan fingerprint density at radius 3 is 2.42 bits per heavy atom. The van der Waals surface area contributed by atoms with Crippen molar-refractivity contribution in [2.45, 2.75) is 51.1 Å². The van der Waals surface area contributed by atoms with Crippen LogP contribution in [0, 0.1) is 0 Å². The molecule has 72 valence electrons. The van der Waals surface area contributed by atoms with E-state index < -0.39 is 0 Å². The minimum Gasteiger partial charge on any atom is -0.329 e. The lowest BCUT2D eigenvalue weighted by Crippen LogP contribution is -2.43. The normalized spacial score (nSPS) is 23.0. The number of nitrogens with two attached hydrogens (primary N) is 1. The first-order valence-electron chi connectivity index (χ1n) is 5.17. The third kappa shape index (κ3) is 2.46. The van der Waals surface area contributed by atoms with E-state index in [1.807, 2.05) is 0 Å². The van der Waals surface area contributed by atoms with Gasteiger partial charge in [0.1, 0.15) is 0 Å². The van der Waals surface area contributed by atoms with Crippen LogP contribution in [0.15, 0.2) is 0 Å². The highest BCUT2D eigenvalue weighted by molar-refractivity contribution is 4.77. The molecule has 2 heteroatoms. The van der Waals surface area contributed by atoms with Gasteiger partial charge >= 0.3 is 0 Å². The largest absolute Gasteiger partial charge is 0.329 e. The van der Waals surface area contributed by atoms with Crippen molar-refractivity contribution in [3.05, 3.63) is 0 Å². The molecule has 0 saturated heterocycles. The van der Waals surface area contributed by atoms with Crippen LogP contribution >= 0.6 is 0 Å². The van der Waals surface area contributed by atoms with Crippen molar-refractivity contribution < 1.29 is 0 Å². The molecule has 0 aromatic heterocycles. The molecular weight excluding hydrogens is 148 g/mol. The van der Waals surface area contributed by atoms with Gasteiger partial charge in [-0.2, -0.15) is 0 Å². The fraction of sp³-hybridized carbons (Fsp3) is 1.00. The van der Waals surface area contributed by atoms with Crippen molar-refractivity contribution in [2.24, 2.45) is 5.73 Å². The van der Waals surface area contributed by atoms with Crippen LogP contribution in [0.4, 0.5) is 0 Å². The van der Waals surface area contributed by atoms with E-state index in [-0.39, 0.29) is 0 Å². The zero-order valence-corrected chi connectivity index (χ0v) is 8.42. The molecule has 1 fully saturated rings. The molecule has 1 aliphatic rings. The standard InChI is InChI=1S/C10H22N2/c1-9(8-11)12(2)10-6-4-3-5-7-10/h9-10H,3-8,11H2,1-2H3/t9-/m0/s1. The molecule has 1 saturated carbocycles. The molecule has 0 aromatic rings. The summed E-state index contributed by atoms with van der Waals surface area (Å²) in [6, 6.07) is 1.35. The van der Waals surface area contributed by atoms with Gasteiger partial charge in [-0.05, 0) is 26.8 Å². The molecule has 0 radical (unpaired) electrons. The van der Waals surface area contributed by atoms with Gasteiger partial charge in [-0.3, -0.25) is 4.90 Å². The predicted molar refractivity (Wildman–Crippen MR) is 53.2 cm³/mol. The number of hydrogen-bond donors (Lipinski definition) is 1. The Labute approximate surface area is 76.1 Å². The molecule has 12 heavy (non-hydrogen) atoms. The van der Waals surface area contributed by atoms with Crippen LogP contribution in [0.1, 0.15) is 39.0 Å². The molecule has 1 atom stereocenters. The van der Waals surface area contributed by atoms with E-state index in [1.54, 1.807) is 0 Å². The van der Waals surface area contributed by atoms with Gasteiger partial charge in [-0.15, -0.1) is 0 Å². The summed E-state index contributed by atoms with van der Waals surface area (Å²) in [5.41, 5.74) is 5.64. The van der Waals surface area contributed by atoms with E-state index in [0.29, 0.717) is 6.04 Å². The topological polar surface area (TPSA) is 29.3 Å². The second-order valence-electron chi connectivity index (χ2n) is 4.04. The fourth-order valence-corrected chi connectivity index (χ4v) is 2.01. The van der Waals surface area contributed by atoms with Crippen molar-refractivity contribution in [1.29, 1.82) is 0 Å². The van der Waals surface area contributed by atoms with Gasteiger partial charge in [-0.25, -0.2) is 0 Å². The molecule has 2 N–H and O–H groups in total. The van der Waals surface area contributed by atoms with Gasteiger partial charge in [0.25, 0.3) is 0 Å². The quantitative estimate of drug-likeness (QED) is 0.697. The predicted octanol–water partition coefficient (Wildman–Crippen LogP) is 1.60. The van der Waals surface area contributed by atoms with Crippen molar-refractivity contribution in [3.8, 4) is 0 Å². The van der Waals surface area contributed by atoms with Crippen LogP contribution < -0.4 is 5.73 Å². The minimum atomic E-state index is 0.549. The highest BCUT2D eigenvalue weighted by Gasteiger charge is 2.20. The zero-order chi connectivity index (χ0) is 8.97. The van der Waals surface area contributed by atoms with Gasteiger partial charge in [-0.1, -0.05) is 19.3 Å². The lowest BCUT2D eigenvalue weighted by atomic mass is 9.94. The number of nitrogens with zero attached hydrogens (tertiary/aromatic N) is 1. The third-order valence-corrected chi connectivity index (χ3v) is 3.19. The van der Waals surface area contributed by atoms with Crippen molar-refractivity contribution in [3.63, 3.8) is 0 Å². The van der Waals surface area contributed by atoms with Gasteiger partial charge in [0.2, 0.25) is 0 Å². The monoisotopic (exact) mass is 170 g/mol. The van der Waals surface area contributed by atoms with Crippen LogP contribution in [0.25, 0.3) is 0 Å². The summed E-state index contributed by atoms with van der Waals surface area (Å²) < 4.78 is 0. The lowest BCUT2D eigenvalue weighted by Gasteiger charge is -2.35. The van der Waals surface area contributed by atoms with E-state index in [9.17, 15) is 0 Å². The number of hydrogen-bond acceptors (Lipinski definition) is 2. The Bertz CT molecular complexity index is 119. The Balaban J connectivity index is 2.33. The number of rotatable bonds is 3. The molecule has 0 amide bonds. The number of likely N-dealkylation sites (N-methyl/N-ethyl adjacent to an activating group) is 1. The molecular formula is C10H22N2. The summed E-state index contributed by atoms with van der Waals surface area (Å²) in [5, 5.41) is 0. The first-order chi connectivity index (χ1) is 5.75. The Kier molecular flexibility index (Phi) is 4.02. The maximum absolute atomic E-state index is 5.64. The molecule has 0 unspecified atom stereocenters. The van der Waals surface area contributed by atoms with Crippen molar-refractivity contribution in [2.75, 3.05) is 13.6 Å². The lowest BCUT2D eigenvalue weighted by molar-refractivity contribution is 0.150. The smallest absolute Gasteiger partial charge is 0.0190 e. The van der Waals surface area contributed by atoms with Crippen molar-refractivity contribution in [1.82, 2.24) is 4.90 Å². The second-order valence-corrected chi connectivity index (χ2v) is 4.04. The molecule has 0 heterocycles. The summed E-state index contributed by atoms with van der Waals surface area (Å²) in [5.74, 6) is 0. The Morgan fingerprint density at radius 1 is 1.33 bits per heavy atom. The maximum atomic E-state index is 5.64. The highest BCUT2D eigenvalue weighted by Crippen LogP contribution is 2.22. The van der Waals surface area contributed by atoms with Crippen LogP contribution in [-0.4, -0.2) is 30.6 Å². The summed E-state index contributed by atoms with van der Waals surface area (Å²) in [6.45, 7) is 3.00. The summed E-state index contributed by atoms with van der Waals surface area (Å²) in [4.78, 5) is 2.46. The fourth-order valence-electron chi connectivity index (χ4n) is 2.01. The maximum Gasteiger partial charge on any atom is 0.0190 e. The van der Waals surface area contributed by atoms with E-state index in [1.165, 1.54) is 32.1 Å². The van der Waals surface area contributed by atoms with Gasteiger partial charge in [0, 0.05) is 18.6 Å². The third-order valence-electron chi connectivity index (χ3n) is 3.19. The van der Waals surface area contributed by atoms with E-state index >= 15 is 0 Å². The van der Waals surface area contributed by atoms with Crippen LogP contribution in [0.5, 0.6) is 0 Å². The average Bonchev–Trinajstić information content (AvgIpc) is 2.17. The van der Waals surface area contributed by atoms with Crippen LogP contribution in [-0.2, 0) is 0 Å². The van der Waals surface area contributed by atoms with Gasteiger partial charge < -0.3 is 5.73 Å². The average molecular weight is 170 g/mol. The van der Waals surface area contributed by atoms with Gasteiger partial charge in [0.15, 0.2) is 0 Å². The first-order valence-corrected chi connectivity index (χ1v) is 5.17. The molecule has 1 aliphatic carbocycles. The van der Waals surface area contributed by atoms with E-state index in [0.717, 1.165) is 12.6 Å². The second kappa shape index (κ2) is 4.83. The highest BCUT2D eigenvalue weighted by atomic mass is 15.2. The van der Waals surface area contributed by atoms with Crippen LogP contribution in [0.2, 0.25) is 0 Å². The van der Waals surface area contributed by atoms with Crippen LogP contribution in [0.3, 0.4) is 0 Å².